The first kappa shape index (κ1) is 25.1. The molecule has 2 saturated carbocycles. The van der Waals surface area contributed by atoms with E-state index >= 15 is 0 Å². The number of benzene rings is 1. The quantitative estimate of drug-likeness (QED) is 0.369. The number of amides is 2. The second kappa shape index (κ2) is 9.71. The van der Waals surface area contributed by atoms with Gasteiger partial charge in [-0.3, -0.25) is 9.59 Å². The number of nitrogens with zero attached hydrogens (tertiary/aromatic N) is 4. The molecule has 2 amide bonds. The molecule has 5 rings (SSSR count). The molecule has 2 aliphatic rings. The van der Waals surface area contributed by atoms with Gasteiger partial charge in [-0.2, -0.15) is 0 Å². The second-order valence-corrected chi connectivity index (χ2v) is 10.4. The molecule has 0 aliphatic heterocycles. The normalized spacial score (nSPS) is 24.6. The molecule has 5 N–H and O–H groups in total. The van der Waals surface area contributed by atoms with Crippen LogP contribution in [0.1, 0.15) is 58.1 Å². The first-order valence-electron chi connectivity index (χ1n) is 12.0. The average Bonchev–Trinajstić information content (AvgIpc) is 3.51. The van der Waals surface area contributed by atoms with E-state index in [0.29, 0.717) is 42.0 Å². The topological polar surface area (TPSA) is 148 Å². The van der Waals surface area contributed by atoms with Crippen molar-refractivity contribution in [2.75, 3.05) is 17.2 Å². The summed E-state index contributed by atoms with van der Waals surface area (Å²) in [5, 5.41) is 17.0. The van der Waals surface area contributed by atoms with Crippen LogP contribution in [0.25, 0.3) is 0 Å². The lowest BCUT2D eigenvalue weighted by atomic mass is 9.92. The average molecular weight is 528 g/mol. The Morgan fingerprint density at radius 2 is 1.89 bits per heavy atom. The minimum atomic E-state index is -0.905. The number of nitrogens with one attached hydrogen (secondary N) is 2. The van der Waals surface area contributed by atoms with Crippen molar-refractivity contribution in [3.8, 4) is 0 Å². The number of fused-ring (bicyclic) bond motifs is 1. The van der Waals surface area contributed by atoms with Crippen molar-refractivity contribution >= 4 is 35.1 Å². The van der Waals surface area contributed by atoms with E-state index in [4.69, 9.17) is 17.3 Å². The van der Waals surface area contributed by atoms with Crippen LogP contribution in [-0.4, -0.2) is 48.6 Å². The van der Waals surface area contributed by atoms with Crippen LogP contribution in [0.15, 0.2) is 36.9 Å². The molecule has 2 aliphatic carbocycles. The molecule has 2 aromatic heterocycles. The summed E-state index contributed by atoms with van der Waals surface area (Å²) >= 11 is 5.85. The van der Waals surface area contributed by atoms with Crippen molar-refractivity contribution in [3.05, 3.63) is 64.7 Å². The van der Waals surface area contributed by atoms with Crippen LogP contribution in [0, 0.1) is 17.7 Å². The predicted octanol–water partition coefficient (Wildman–Crippen LogP) is 3.10. The third-order valence-electron chi connectivity index (χ3n) is 7.38. The van der Waals surface area contributed by atoms with Gasteiger partial charge in [0.15, 0.2) is 0 Å². The number of aliphatic hydroxyl groups is 1. The summed E-state index contributed by atoms with van der Waals surface area (Å²) in [4.78, 5) is 37.0. The SMILES string of the molecule is Cn1cnc(C2CC3CC(O)(CNc4ncc(C(N)=O)cn4)CC3C2)c1C(=O)Nc1ccc(F)c(Cl)c1. The van der Waals surface area contributed by atoms with Gasteiger partial charge in [0.2, 0.25) is 5.95 Å². The monoisotopic (exact) mass is 527 g/mol. The third-order valence-corrected chi connectivity index (χ3v) is 7.67. The van der Waals surface area contributed by atoms with E-state index < -0.39 is 17.3 Å². The van der Waals surface area contributed by atoms with Gasteiger partial charge < -0.3 is 26.0 Å². The number of hydrogen-bond donors (Lipinski definition) is 4. The predicted molar refractivity (Wildman–Crippen MR) is 135 cm³/mol. The Balaban J connectivity index is 1.22. The standard InChI is InChI=1S/C25H27ClFN7O3/c1-34-12-32-20(21(34)23(36)33-17-2-3-19(27)18(26)6-17)13-4-14-7-25(37,8-15(14)5-13)11-31-24-29-9-16(10-30-24)22(28)35/h2-3,6,9-10,12-15,37H,4-5,7-8,11H2,1H3,(H2,28,35)(H,33,36)(H,29,30,31). The molecule has 0 radical (unpaired) electrons. The first-order valence-corrected chi connectivity index (χ1v) is 12.4. The van der Waals surface area contributed by atoms with Crippen LogP contribution in [0.5, 0.6) is 0 Å². The van der Waals surface area contributed by atoms with Gasteiger partial charge in [-0.25, -0.2) is 19.3 Å². The molecule has 2 atom stereocenters. The van der Waals surface area contributed by atoms with Gasteiger partial charge in [0, 0.05) is 37.6 Å². The van der Waals surface area contributed by atoms with Crippen molar-refractivity contribution in [3.63, 3.8) is 0 Å². The molecule has 2 fully saturated rings. The number of primary amides is 1. The van der Waals surface area contributed by atoms with Crippen molar-refractivity contribution in [2.45, 2.75) is 37.2 Å². The highest BCUT2D eigenvalue weighted by molar-refractivity contribution is 6.31. The number of hydrogen-bond acceptors (Lipinski definition) is 7. The van der Waals surface area contributed by atoms with Crippen LogP contribution in [0.4, 0.5) is 16.0 Å². The maximum atomic E-state index is 13.5. The molecular weight excluding hydrogens is 501 g/mol. The largest absolute Gasteiger partial charge is 0.388 e. The molecule has 37 heavy (non-hydrogen) atoms. The zero-order chi connectivity index (χ0) is 26.3. The Labute approximate surface area is 217 Å². The number of nitrogens with two attached hydrogens (primary N) is 1. The van der Waals surface area contributed by atoms with E-state index in [1.165, 1.54) is 30.6 Å². The number of anilines is 2. The number of imidazole rings is 1. The second-order valence-electron chi connectivity index (χ2n) is 10.0. The summed E-state index contributed by atoms with van der Waals surface area (Å²) in [5.74, 6) is -0.486. The van der Waals surface area contributed by atoms with Gasteiger partial charge >= 0.3 is 0 Å². The highest BCUT2D eigenvalue weighted by Crippen LogP contribution is 2.54. The smallest absolute Gasteiger partial charge is 0.274 e. The molecule has 0 spiro atoms. The fourth-order valence-electron chi connectivity index (χ4n) is 5.72. The molecule has 3 aromatic rings. The summed E-state index contributed by atoms with van der Waals surface area (Å²) in [7, 11) is 1.77. The molecule has 2 heterocycles. The number of rotatable bonds is 7. The van der Waals surface area contributed by atoms with E-state index in [0.717, 1.165) is 18.5 Å². The molecule has 1 aromatic carbocycles. The number of carbonyl (C=O) groups is 2. The Bertz CT molecular complexity index is 1330. The van der Waals surface area contributed by atoms with Crippen LogP contribution in [-0.2, 0) is 7.05 Å². The molecular formula is C25H27ClFN7O3. The lowest BCUT2D eigenvalue weighted by Crippen LogP contribution is -2.35. The Hall–Kier alpha value is -3.57. The van der Waals surface area contributed by atoms with Gasteiger partial charge in [0.25, 0.3) is 11.8 Å². The van der Waals surface area contributed by atoms with Crippen LogP contribution in [0.3, 0.4) is 0 Å². The summed E-state index contributed by atoms with van der Waals surface area (Å²) < 4.78 is 15.2. The van der Waals surface area contributed by atoms with Gasteiger partial charge in [0.1, 0.15) is 11.5 Å². The van der Waals surface area contributed by atoms with Crippen molar-refractivity contribution in [1.29, 1.82) is 0 Å². The number of halogens is 2. The van der Waals surface area contributed by atoms with Crippen molar-refractivity contribution < 1.29 is 19.1 Å². The minimum absolute atomic E-state index is 0.0668. The Morgan fingerprint density at radius 1 is 1.22 bits per heavy atom. The number of carbonyl (C=O) groups excluding carboxylic acids is 2. The van der Waals surface area contributed by atoms with Crippen molar-refractivity contribution in [2.24, 2.45) is 24.6 Å². The zero-order valence-corrected chi connectivity index (χ0v) is 20.9. The van der Waals surface area contributed by atoms with E-state index in [9.17, 15) is 19.1 Å². The first-order chi connectivity index (χ1) is 17.6. The zero-order valence-electron chi connectivity index (χ0n) is 20.1. The van der Waals surface area contributed by atoms with E-state index in [1.54, 1.807) is 17.9 Å². The third kappa shape index (κ3) is 5.14. The highest BCUT2D eigenvalue weighted by atomic mass is 35.5. The Morgan fingerprint density at radius 3 is 2.51 bits per heavy atom. The lowest BCUT2D eigenvalue weighted by Gasteiger charge is -2.25. The maximum absolute atomic E-state index is 13.5. The summed E-state index contributed by atoms with van der Waals surface area (Å²) in [5.41, 5.74) is 6.11. The lowest BCUT2D eigenvalue weighted by molar-refractivity contribution is 0.0513. The van der Waals surface area contributed by atoms with Gasteiger partial charge in [-0.15, -0.1) is 0 Å². The molecule has 0 bridgehead atoms. The molecule has 12 heteroatoms. The summed E-state index contributed by atoms with van der Waals surface area (Å²) in [6.07, 6.45) is 7.18. The molecule has 0 saturated heterocycles. The van der Waals surface area contributed by atoms with E-state index in [1.807, 2.05) is 0 Å². The van der Waals surface area contributed by atoms with Gasteiger partial charge in [0.05, 0.1) is 28.2 Å². The van der Waals surface area contributed by atoms with Crippen LogP contribution < -0.4 is 16.4 Å². The fourth-order valence-corrected chi connectivity index (χ4v) is 5.90. The highest BCUT2D eigenvalue weighted by Gasteiger charge is 2.49. The fraction of sp³-hybridized carbons (Fsp3) is 0.400. The summed E-state index contributed by atoms with van der Waals surface area (Å²) in [6, 6.07) is 4.04. The number of aryl methyl sites for hydroxylation is 1. The van der Waals surface area contributed by atoms with E-state index in [-0.39, 0.29) is 29.0 Å². The molecule has 194 valence electrons. The summed E-state index contributed by atoms with van der Waals surface area (Å²) in [6.45, 7) is 0.290. The maximum Gasteiger partial charge on any atom is 0.274 e. The van der Waals surface area contributed by atoms with Crippen LogP contribution >= 0.6 is 11.6 Å². The Kier molecular flexibility index (Phi) is 6.59. The van der Waals surface area contributed by atoms with Gasteiger partial charge in [-0.1, -0.05) is 11.6 Å². The molecule has 10 nitrogen and oxygen atoms in total. The van der Waals surface area contributed by atoms with Crippen molar-refractivity contribution in [1.82, 2.24) is 19.5 Å². The molecule has 2 unspecified atom stereocenters. The van der Waals surface area contributed by atoms with Crippen LogP contribution in [0.2, 0.25) is 5.02 Å². The minimum Gasteiger partial charge on any atom is -0.388 e. The number of aromatic nitrogens is 4. The van der Waals surface area contributed by atoms with Gasteiger partial charge in [-0.05, 0) is 55.7 Å². The van der Waals surface area contributed by atoms with E-state index in [2.05, 4.69) is 25.6 Å².